The topological polar surface area (TPSA) is 23.5 Å². The zero-order valence-corrected chi connectivity index (χ0v) is 8.56. The molecule has 0 radical (unpaired) electrons. The van der Waals surface area contributed by atoms with Crippen molar-refractivity contribution in [3.63, 3.8) is 0 Å². The van der Waals surface area contributed by atoms with Gasteiger partial charge in [-0.3, -0.25) is 4.90 Å². The van der Waals surface area contributed by atoms with E-state index in [1.54, 1.807) is 0 Å². The number of likely N-dealkylation sites (tertiary alicyclic amines) is 1. The second-order valence-electron chi connectivity index (χ2n) is 3.98. The molecule has 1 aliphatic heterocycles. The van der Waals surface area contributed by atoms with E-state index in [-0.39, 0.29) is 12.6 Å². The first-order valence-electron chi connectivity index (χ1n) is 5.24. The molecule has 0 aliphatic carbocycles. The lowest BCUT2D eigenvalue weighted by Crippen LogP contribution is -2.48. The van der Waals surface area contributed by atoms with E-state index in [1.165, 1.54) is 12.0 Å². The lowest BCUT2D eigenvalue weighted by Gasteiger charge is -2.44. The van der Waals surface area contributed by atoms with Crippen molar-refractivity contribution < 1.29 is 5.11 Å². The number of hydrogen-bond donors (Lipinski definition) is 1. The number of aliphatic hydroxyl groups excluding tert-OH is 1. The summed E-state index contributed by atoms with van der Waals surface area (Å²) in [5.41, 5.74) is 1.22. The Balaban J connectivity index is 2.13. The van der Waals surface area contributed by atoms with Gasteiger partial charge in [-0.05, 0) is 18.9 Å². The highest BCUT2D eigenvalue weighted by Crippen LogP contribution is 2.29. The van der Waals surface area contributed by atoms with Crippen LogP contribution >= 0.6 is 0 Å². The summed E-state index contributed by atoms with van der Waals surface area (Å²) in [7, 11) is 0. The molecular formula is C12H17NO. The highest BCUT2D eigenvalue weighted by molar-refractivity contribution is 5.19. The molecule has 1 aromatic rings. The minimum Gasteiger partial charge on any atom is -0.394 e. The van der Waals surface area contributed by atoms with Crippen LogP contribution in [0.15, 0.2) is 30.3 Å². The predicted octanol–water partition coefficient (Wildman–Crippen LogP) is 1.81. The molecule has 76 valence electrons. The molecular weight excluding hydrogens is 174 g/mol. The summed E-state index contributed by atoms with van der Waals surface area (Å²) in [4.78, 5) is 2.36. The maximum atomic E-state index is 9.39. The number of rotatable bonds is 3. The second-order valence-corrected chi connectivity index (χ2v) is 3.98. The standard InChI is InChI=1S/C12H17NO/c1-10-7-8-13(10)12(9-14)11-5-3-2-4-6-11/h2-6,10,12,14H,7-9H2,1H3/t10?,12-/m0/s1. The molecule has 2 atom stereocenters. The molecule has 0 aromatic heterocycles. The smallest absolute Gasteiger partial charge is 0.0628 e. The van der Waals surface area contributed by atoms with Crippen molar-refractivity contribution in [1.82, 2.24) is 4.90 Å². The van der Waals surface area contributed by atoms with E-state index < -0.39 is 0 Å². The van der Waals surface area contributed by atoms with Gasteiger partial charge in [-0.2, -0.15) is 0 Å². The Morgan fingerprint density at radius 2 is 2.14 bits per heavy atom. The van der Waals surface area contributed by atoms with E-state index in [2.05, 4.69) is 24.0 Å². The Kier molecular flexibility index (Phi) is 2.85. The van der Waals surface area contributed by atoms with Gasteiger partial charge in [0, 0.05) is 12.6 Å². The summed E-state index contributed by atoms with van der Waals surface area (Å²) < 4.78 is 0. The van der Waals surface area contributed by atoms with Gasteiger partial charge in [0.15, 0.2) is 0 Å². The Labute approximate surface area is 85.2 Å². The third-order valence-electron chi connectivity index (χ3n) is 3.13. The predicted molar refractivity (Wildman–Crippen MR) is 57.1 cm³/mol. The number of benzene rings is 1. The quantitative estimate of drug-likeness (QED) is 0.787. The molecule has 1 unspecified atom stereocenters. The maximum Gasteiger partial charge on any atom is 0.0628 e. The van der Waals surface area contributed by atoms with Crippen molar-refractivity contribution >= 4 is 0 Å². The first kappa shape index (κ1) is 9.69. The third kappa shape index (κ3) is 1.68. The largest absolute Gasteiger partial charge is 0.394 e. The second kappa shape index (κ2) is 4.11. The number of nitrogens with zero attached hydrogens (tertiary/aromatic N) is 1. The number of aliphatic hydroxyl groups is 1. The molecule has 1 N–H and O–H groups in total. The molecule has 0 amide bonds. The lowest BCUT2D eigenvalue weighted by atomic mass is 9.97. The van der Waals surface area contributed by atoms with Crippen molar-refractivity contribution in [2.45, 2.75) is 25.4 Å². The van der Waals surface area contributed by atoms with E-state index in [0.717, 1.165) is 6.54 Å². The van der Waals surface area contributed by atoms with Crippen LogP contribution in [0.5, 0.6) is 0 Å². The summed E-state index contributed by atoms with van der Waals surface area (Å²) in [5.74, 6) is 0. The van der Waals surface area contributed by atoms with Crippen LogP contribution in [0.25, 0.3) is 0 Å². The Morgan fingerprint density at radius 3 is 2.57 bits per heavy atom. The van der Waals surface area contributed by atoms with Gasteiger partial charge in [0.25, 0.3) is 0 Å². The zero-order valence-electron chi connectivity index (χ0n) is 8.56. The van der Waals surface area contributed by atoms with Crippen molar-refractivity contribution in [3.8, 4) is 0 Å². The van der Waals surface area contributed by atoms with E-state index in [4.69, 9.17) is 0 Å². The third-order valence-corrected chi connectivity index (χ3v) is 3.13. The average molecular weight is 191 g/mol. The van der Waals surface area contributed by atoms with Crippen molar-refractivity contribution in [3.05, 3.63) is 35.9 Å². The molecule has 0 spiro atoms. The molecule has 0 saturated carbocycles. The molecule has 1 heterocycles. The molecule has 2 rings (SSSR count). The fourth-order valence-electron chi connectivity index (χ4n) is 2.08. The molecule has 1 aliphatic rings. The molecule has 1 aromatic carbocycles. The van der Waals surface area contributed by atoms with Crippen LogP contribution in [0.1, 0.15) is 24.9 Å². The van der Waals surface area contributed by atoms with E-state index in [1.807, 2.05) is 18.2 Å². The van der Waals surface area contributed by atoms with Crippen LogP contribution in [0.4, 0.5) is 0 Å². The lowest BCUT2D eigenvalue weighted by molar-refractivity contribution is 0.0216. The maximum absolute atomic E-state index is 9.39. The minimum absolute atomic E-state index is 0.194. The van der Waals surface area contributed by atoms with E-state index in [9.17, 15) is 5.11 Å². The first-order chi connectivity index (χ1) is 6.83. The van der Waals surface area contributed by atoms with Crippen LogP contribution in [0, 0.1) is 0 Å². The van der Waals surface area contributed by atoms with Gasteiger partial charge in [0.05, 0.1) is 12.6 Å². The SMILES string of the molecule is CC1CCN1[C@@H](CO)c1ccccc1. The summed E-state index contributed by atoms with van der Waals surface area (Å²) in [5, 5.41) is 9.39. The van der Waals surface area contributed by atoms with Crippen LogP contribution in [-0.2, 0) is 0 Å². The van der Waals surface area contributed by atoms with Crippen LogP contribution in [0.2, 0.25) is 0 Å². The minimum atomic E-state index is 0.194. The Morgan fingerprint density at radius 1 is 1.43 bits per heavy atom. The molecule has 0 bridgehead atoms. The molecule has 14 heavy (non-hydrogen) atoms. The first-order valence-corrected chi connectivity index (χ1v) is 5.24. The highest BCUT2D eigenvalue weighted by Gasteiger charge is 2.30. The van der Waals surface area contributed by atoms with Gasteiger partial charge in [0.2, 0.25) is 0 Å². The van der Waals surface area contributed by atoms with Gasteiger partial charge in [0.1, 0.15) is 0 Å². The Hall–Kier alpha value is -0.860. The molecule has 2 heteroatoms. The van der Waals surface area contributed by atoms with Crippen molar-refractivity contribution in [1.29, 1.82) is 0 Å². The monoisotopic (exact) mass is 191 g/mol. The summed E-state index contributed by atoms with van der Waals surface area (Å²) in [6.45, 7) is 3.55. The highest BCUT2D eigenvalue weighted by atomic mass is 16.3. The summed E-state index contributed by atoms with van der Waals surface area (Å²) in [6.07, 6.45) is 1.25. The van der Waals surface area contributed by atoms with Crippen LogP contribution < -0.4 is 0 Å². The molecule has 1 fully saturated rings. The Bertz CT molecular complexity index is 286. The van der Waals surface area contributed by atoms with Gasteiger partial charge in [-0.25, -0.2) is 0 Å². The number of hydrogen-bond acceptors (Lipinski definition) is 2. The van der Waals surface area contributed by atoms with Gasteiger partial charge < -0.3 is 5.11 Å². The van der Waals surface area contributed by atoms with Crippen LogP contribution in [-0.4, -0.2) is 29.2 Å². The molecule has 2 nitrogen and oxygen atoms in total. The van der Waals surface area contributed by atoms with Gasteiger partial charge >= 0.3 is 0 Å². The summed E-state index contributed by atoms with van der Waals surface area (Å²) >= 11 is 0. The zero-order chi connectivity index (χ0) is 9.97. The van der Waals surface area contributed by atoms with Gasteiger partial charge in [-0.15, -0.1) is 0 Å². The molecule has 1 saturated heterocycles. The fraction of sp³-hybridized carbons (Fsp3) is 0.500. The summed E-state index contributed by atoms with van der Waals surface area (Å²) in [6, 6.07) is 11.1. The van der Waals surface area contributed by atoms with E-state index >= 15 is 0 Å². The average Bonchev–Trinajstić information content (AvgIpc) is 2.24. The fourth-order valence-corrected chi connectivity index (χ4v) is 2.08. The van der Waals surface area contributed by atoms with E-state index in [0.29, 0.717) is 6.04 Å². The van der Waals surface area contributed by atoms with Crippen molar-refractivity contribution in [2.75, 3.05) is 13.2 Å². The normalized spacial score (nSPS) is 24.3. The van der Waals surface area contributed by atoms with Gasteiger partial charge in [-0.1, -0.05) is 30.3 Å². The van der Waals surface area contributed by atoms with Crippen LogP contribution in [0.3, 0.4) is 0 Å². The van der Waals surface area contributed by atoms with Crippen molar-refractivity contribution in [2.24, 2.45) is 0 Å².